The van der Waals surface area contributed by atoms with Crippen LogP contribution in [0.1, 0.15) is 51.4 Å². The lowest BCUT2D eigenvalue weighted by atomic mass is 10.0. The van der Waals surface area contributed by atoms with E-state index in [1.54, 1.807) is 0 Å². The van der Waals surface area contributed by atoms with Crippen molar-refractivity contribution < 1.29 is 14.7 Å². The molecule has 1 amide bonds. The molecule has 0 aromatic heterocycles. The van der Waals surface area contributed by atoms with Crippen LogP contribution >= 0.6 is 0 Å². The predicted octanol–water partition coefficient (Wildman–Crippen LogP) is 2.03. The summed E-state index contributed by atoms with van der Waals surface area (Å²) in [5, 5.41) is 8.76. The Morgan fingerprint density at radius 2 is 1.82 bits per heavy atom. The zero-order valence-corrected chi connectivity index (χ0v) is 10.2. The van der Waals surface area contributed by atoms with Crippen molar-refractivity contribution in [3.63, 3.8) is 0 Å². The van der Waals surface area contributed by atoms with Crippen LogP contribution in [0, 0.1) is 5.92 Å². The Bertz CT molecular complexity index is 295. The fourth-order valence-electron chi connectivity index (χ4n) is 3.10. The zero-order valence-electron chi connectivity index (χ0n) is 10.2. The molecule has 2 aliphatic rings. The molecule has 1 aliphatic heterocycles. The van der Waals surface area contributed by atoms with Crippen LogP contribution in [0.5, 0.6) is 0 Å². The van der Waals surface area contributed by atoms with E-state index in [0.29, 0.717) is 6.04 Å². The van der Waals surface area contributed by atoms with Gasteiger partial charge in [0.05, 0.1) is 12.3 Å². The van der Waals surface area contributed by atoms with Crippen molar-refractivity contribution in [1.82, 2.24) is 4.90 Å². The molecular weight excluding hydrogens is 218 g/mol. The maximum atomic E-state index is 12.1. The van der Waals surface area contributed by atoms with Crippen LogP contribution in [0.4, 0.5) is 0 Å². The summed E-state index contributed by atoms with van der Waals surface area (Å²) in [6, 6.07) is 0.379. The Morgan fingerprint density at radius 1 is 1.18 bits per heavy atom. The van der Waals surface area contributed by atoms with Crippen LogP contribution < -0.4 is 0 Å². The number of carbonyl (C=O) groups is 2. The monoisotopic (exact) mass is 239 g/mol. The van der Waals surface area contributed by atoms with Gasteiger partial charge >= 0.3 is 5.97 Å². The first-order chi connectivity index (χ1) is 8.18. The molecule has 0 aromatic rings. The second-order valence-corrected chi connectivity index (χ2v) is 5.26. The number of aliphatic carboxylic acids is 1. The first kappa shape index (κ1) is 12.4. The number of carbonyl (C=O) groups excluding carboxylic acids is 1. The minimum absolute atomic E-state index is 0.00204. The third-order valence-electron chi connectivity index (χ3n) is 4.04. The molecule has 1 saturated carbocycles. The molecule has 0 aromatic carbocycles. The summed E-state index contributed by atoms with van der Waals surface area (Å²) in [6.45, 7) is 0.765. The quantitative estimate of drug-likeness (QED) is 0.767. The second-order valence-electron chi connectivity index (χ2n) is 5.26. The summed E-state index contributed by atoms with van der Waals surface area (Å²) in [7, 11) is 0. The van der Waals surface area contributed by atoms with Gasteiger partial charge in [-0.1, -0.05) is 25.7 Å². The van der Waals surface area contributed by atoms with Crippen LogP contribution in [0.2, 0.25) is 0 Å². The van der Waals surface area contributed by atoms with Crippen molar-refractivity contribution in [3.8, 4) is 0 Å². The van der Waals surface area contributed by atoms with Crippen molar-refractivity contribution >= 4 is 11.9 Å². The van der Waals surface area contributed by atoms with Gasteiger partial charge in [0.1, 0.15) is 0 Å². The summed E-state index contributed by atoms with van der Waals surface area (Å²) in [5.41, 5.74) is 0. The van der Waals surface area contributed by atoms with Crippen molar-refractivity contribution in [2.75, 3.05) is 6.54 Å². The van der Waals surface area contributed by atoms with E-state index in [4.69, 9.17) is 5.11 Å². The van der Waals surface area contributed by atoms with Crippen molar-refractivity contribution in [1.29, 1.82) is 0 Å². The van der Waals surface area contributed by atoms with Crippen LogP contribution in [0.3, 0.4) is 0 Å². The van der Waals surface area contributed by atoms with E-state index in [9.17, 15) is 9.59 Å². The van der Waals surface area contributed by atoms with Gasteiger partial charge < -0.3 is 10.0 Å². The average Bonchev–Trinajstić information content (AvgIpc) is 2.55. The summed E-state index contributed by atoms with van der Waals surface area (Å²) in [4.78, 5) is 24.7. The van der Waals surface area contributed by atoms with Gasteiger partial charge in [0.15, 0.2) is 0 Å². The third kappa shape index (κ3) is 2.99. The summed E-state index contributed by atoms with van der Waals surface area (Å²) in [5.74, 6) is -1.04. The maximum absolute atomic E-state index is 12.1. The highest BCUT2D eigenvalue weighted by Crippen LogP contribution is 2.29. The molecule has 2 rings (SSSR count). The smallest absolute Gasteiger partial charge is 0.304 e. The molecule has 1 unspecified atom stereocenters. The number of carboxylic acid groups (broad SMARTS) is 1. The minimum atomic E-state index is -0.855. The third-order valence-corrected chi connectivity index (χ3v) is 4.04. The lowest BCUT2D eigenvalue weighted by Gasteiger charge is -2.27. The fourth-order valence-corrected chi connectivity index (χ4v) is 3.10. The van der Waals surface area contributed by atoms with Gasteiger partial charge in [-0.05, 0) is 19.3 Å². The van der Waals surface area contributed by atoms with Gasteiger partial charge in [-0.15, -0.1) is 0 Å². The Balaban J connectivity index is 1.93. The van der Waals surface area contributed by atoms with E-state index in [1.807, 2.05) is 4.90 Å². The molecule has 4 nitrogen and oxygen atoms in total. The molecular formula is C13H21NO3. The van der Waals surface area contributed by atoms with E-state index in [2.05, 4.69) is 0 Å². The molecule has 2 fully saturated rings. The standard InChI is InChI=1S/C13H21NO3/c15-12(16)9-10-7-8-14(13(10)17)11-5-3-1-2-4-6-11/h10-11H,1-9H2,(H,15,16). The Kier molecular flexibility index (Phi) is 4.02. The van der Waals surface area contributed by atoms with Gasteiger partial charge in [-0.3, -0.25) is 9.59 Å². The molecule has 1 N–H and O–H groups in total. The van der Waals surface area contributed by atoms with Crippen molar-refractivity contribution in [3.05, 3.63) is 0 Å². The molecule has 1 aliphatic carbocycles. The number of hydrogen-bond acceptors (Lipinski definition) is 2. The molecule has 0 bridgehead atoms. The maximum Gasteiger partial charge on any atom is 0.304 e. The van der Waals surface area contributed by atoms with E-state index in [-0.39, 0.29) is 18.2 Å². The van der Waals surface area contributed by atoms with Crippen molar-refractivity contribution in [2.24, 2.45) is 5.92 Å². The SMILES string of the molecule is O=C(O)CC1CCN(C2CCCCCC2)C1=O. The molecule has 0 radical (unpaired) electrons. The highest BCUT2D eigenvalue weighted by atomic mass is 16.4. The Labute approximate surface area is 102 Å². The summed E-state index contributed by atoms with van der Waals surface area (Å²) >= 11 is 0. The van der Waals surface area contributed by atoms with Crippen LogP contribution in [-0.2, 0) is 9.59 Å². The Hall–Kier alpha value is -1.06. The van der Waals surface area contributed by atoms with Gasteiger partial charge in [0.2, 0.25) is 5.91 Å². The summed E-state index contributed by atoms with van der Waals surface area (Å²) < 4.78 is 0. The van der Waals surface area contributed by atoms with E-state index in [1.165, 1.54) is 25.7 Å². The normalized spacial score (nSPS) is 27.2. The molecule has 0 spiro atoms. The number of amides is 1. The first-order valence-corrected chi connectivity index (χ1v) is 6.71. The lowest BCUT2D eigenvalue weighted by molar-refractivity contribution is -0.142. The van der Waals surface area contributed by atoms with Gasteiger partial charge in [-0.25, -0.2) is 0 Å². The number of carboxylic acids is 1. The van der Waals surface area contributed by atoms with Crippen LogP contribution in [0.15, 0.2) is 0 Å². The fraction of sp³-hybridized carbons (Fsp3) is 0.846. The van der Waals surface area contributed by atoms with Crippen molar-refractivity contribution in [2.45, 2.75) is 57.4 Å². The van der Waals surface area contributed by atoms with Gasteiger partial charge in [-0.2, -0.15) is 0 Å². The van der Waals surface area contributed by atoms with Crippen LogP contribution in [0.25, 0.3) is 0 Å². The molecule has 1 saturated heterocycles. The molecule has 1 atom stereocenters. The molecule has 1 heterocycles. The number of hydrogen-bond donors (Lipinski definition) is 1. The molecule has 4 heteroatoms. The second kappa shape index (κ2) is 5.52. The minimum Gasteiger partial charge on any atom is -0.481 e. The Morgan fingerprint density at radius 3 is 2.41 bits per heavy atom. The first-order valence-electron chi connectivity index (χ1n) is 6.71. The molecule has 17 heavy (non-hydrogen) atoms. The topological polar surface area (TPSA) is 57.6 Å². The number of rotatable bonds is 3. The lowest BCUT2D eigenvalue weighted by Crippen LogP contribution is -2.37. The van der Waals surface area contributed by atoms with Crippen LogP contribution in [-0.4, -0.2) is 34.5 Å². The predicted molar refractivity (Wildman–Crippen MR) is 63.6 cm³/mol. The number of nitrogens with zero attached hydrogens (tertiary/aromatic N) is 1. The van der Waals surface area contributed by atoms with Gasteiger partial charge in [0, 0.05) is 12.6 Å². The van der Waals surface area contributed by atoms with E-state index < -0.39 is 5.97 Å². The average molecular weight is 239 g/mol. The van der Waals surface area contributed by atoms with Gasteiger partial charge in [0.25, 0.3) is 0 Å². The van der Waals surface area contributed by atoms with E-state index >= 15 is 0 Å². The number of likely N-dealkylation sites (tertiary alicyclic amines) is 1. The summed E-state index contributed by atoms with van der Waals surface area (Å²) in [6.07, 6.45) is 7.89. The largest absolute Gasteiger partial charge is 0.481 e. The highest BCUT2D eigenvalue weighted by Gasteiger charge is 2.36. The zero-order chi connectivity index (χ0) is 12.3. The highest BCUT2D eigenvalue weighted by molar-refractivity contribution is 5.85. The molecule has 96 valence electrons. The van der Waals surface area contributed by atoms with E-state index in [0.717, 1.165) is 25.8 Å².